The van der Waals surface area contributed by atoms with E-state index in [1.54, 1.807) is 0 Å². The maximum atomic E-state index is 11.2. The van der Waals surface area contributed by atoms with Crippen molar-refractivity contribution < 1.29 is 20.4 Å². The number of hydrogen-bond acceptors (Lipinski definition) is 6. The normalized spacial score (nSPS) is 12.7. The number of unbranched alkanes of at least 4 members (excludes halogenated alkanes) is 10. The Morgan fingerprint density at radius 1 is 0.556 bits per heavy atom. The fraction of sp³-hybridized carbons (Fsp3) is 1.00. The van der Waals surface area contributed by atoms with E-state index in [1.807, 2.05) is 0 Å². The maximum Gasteiger partial charge on any atom is 0.169 e. The Bertz CT molecular complexity index is 299. The zero-order valence-electron chi connectivity index (χ0n) is 17.6. The molecule has 0 saturated heterocycles. The zero-order valence-corrected chi connectivity index (χ0v) is 19.3. The van der Waals surface area contributed by atoms with Crippen LogP contribution in [0.5, 0.6) is 0 Å². The van der Waals surface area contributed by atoms with E-state index in [4.69, 9.17) is 0 Å². The smallest absolute Gasteiger partial charge is 0.169 e. The Balaban J connectivity index is 4.49. The first-order chi connectivity index (χ1) is 13.1. The minimum Gasteiger partial charge on any atom is -0.395 e. The standard InChI is InChI=1S/C21H44O4S2/c1-3-5-7-9-11-13-15-26-21(25,20(17-22,18-23)19-24)27-16-14-12-10-8-6-4-2/h22-25H,3-19H2,1-2H3. The molecule has 0 rings (SSSR count). The summed E-state index contributed by atoms with van der Waals surface area (Å²) < 4.78 is -1.36. The molecule has 6 heteroatoms. The second-order valence-electron chi connectivity index (χ2n) is 7.57. The van der Waals surface area contributed by atoms with Gasteiger partial charge in [0.05, 0.1) is 25.2 Å². The summed E-state index contributed by atoms with van der Waals surface area (Å²) in [7, 11) is 0. The van der Waals surface area contributed by atoms with Gasteiger partial charge in [-0.2, -0.15) is 0 Å². The molecular weight excluding hydrogens is 380 g/mol. The van der Waals surface area contributed by atoms with Gasteiger partial charge in [0.1, 0.15) is 0 Å². The summed E-state index contributed by atoms with van der Waals surface area (Å²) in [6.07, 6.45) is 14.2. The number of aliphatic hydroxyl groups is 4. The predicted molar refractivity (Wildman–Crippen MR) is 120 cm³/mol. The van der Waals surface area contributed by atoms with Crippen LogP contribution in [0, 0.1) is 5.41 Å². The minimum absolute atomic E-state index is 0.427. The summed E-state index contributed by atoms with van der Waals surface area (Å²) in [4.78, 5) is 0. The maximum absolute atomic E-state index is 11.2. The van der Waals surface area contributed by atoms with Gasteiger partial charge in [-0.3, -0.25) is 0 Å². The highest BCUT2D eigenvalue weighted by atomic mass is 32.2. The first kappa shape index (κ1) is 27.5. The molecule has 4 nitrogen and oxygen atoms in total. The van der Waals surface area contributed by atoms with E-state index in [0.29, 0.717) is 0 Å². The van der Waals surface area contributed by atoms with Gasteiger partial charge in [0, 0.05) is 0 Å². The van der Waals surface area contributed by atoms with Crippen LogP contribution in [0.4, 0.5) is 0 Å². The van der Waals surface area contributed by atoms with Gasteiger partial charge >= 0.3 is 0 Å². The van der Waals surface area contributed by atoms with E-state index < -0.39 is 29.5 Å². The van der Waals surface area contributed by atoms with E-state index in [0.717, 1.165) is 37.2 Å². The van der Waals surface area contributed by atoms with Crippen LogP contribution < -0.4 is 0 Å². The molecule has 0 aliphatic heterocycles. The zero-order chi connectivity index (χ0) is 20.4. The molecule has 164 valence electrons. The molecule has 0 aliphatic rings. The molecule has 0 amide bonds. The molecular formula is C21H44O4S2. The quantitative estimate of drug-likeness (QED) is 0.166. The molecule has 0 aliphatic carbocycles. The highest BCUT2D eigenvalue weighted by Crippen LogP contribution is 2.49. The van der Waals surface area contributed by atoms with Gasteiger partial charge in [-0.1, -0.05) is 78.1 Å². The summed E-state index contributed by atoms with van der Waals surface area (Å²) >= 11 is 2.76. The van der Waals surface area contributed by atoms with Gasteiger partial charge in [0.15, 0.2) is 4.27 Å². The Labute approximate surface area is 175 Å². The van der Waals surface area contributed by atoms with E-state index in [-0.39, 0.29) is 0 Å². The molecule has 0 aromatic heterocycles. The highest BCUT2D eigenvalue weighted by molar-refractivity contribution is 8.18. The lowest BCUT2D eigenvalue weighted by atomic mass is 9.92. The Hall–Kier alpha value is 0.540. The van der Waals surface area contributed by atoms with Crippen molar-refractivity contribution in [1.82, 2.24) is 0 Å². The van der Waals surface area contributed by atoms with E-state index >= 15 is 0 Å². The molecule has 0 aromatic carbocycles. The van der Waals surface area contributed by atoms with Gasteiger partial charge in [0.25, 0.3) is 0 Å². The molecule has 0 fully saturated rings. The minimum atomic E-state index is -1.36. The molecule has 4 N–H and O–H groups in total. The summed E-state index contributed by atoms with van der Waals surface area (Å²) in [5.41, 5.74) is -1.28. The van der Waals surface area contributed by atoms with Crippen molar-refractivity contribution in [2.45, 2.75) is 95.2 Å². The van der Waals surface area contributed by atoms with Crippen molar-refractivity contribution in [3.05, 3.63) is 0 Å². The van der Waals surface area contributed by atoms with E-state index in [9.17, 15) is 20.4 Å². The van der Waals surface area contributed by atoms with Crippen molar-refractivity contribution in [1.29, 1.82) is 0 Å². The summed E-state index contributed by atoms with van der Waals surface area (Å²) in [5.74, 6) is 1.54. The molecule has 0 radical (unpaired) electrons. The topological polar surface area (TPSA) is 80.9 Å². The van der Waals surface area contributed by atoms with Crippen LogP contribution in [0.1, 0.15) is 90.9 Å². The molecule has 0 unspecified atom stereocenters. The molecule has 0 spiro atoms. The lowest BCUT2D eigenvalue weighted by Gasteiger charge is -2.43. The van der Waals surface area contributed by atoms with E-state index in [2.05, 4.69) is 13.8 Å². The van der Waals surface area contributed by atoms with Gasteiger partial charge in [0.2, 0.25) is 0 Å². The SMILES string of the molecule is CCCCCCCCSC(O)(SCCCCCCCC)C(CO)(CO)CO. The fourth-order valence-electron chi connectivity index (χ4n) is 2.98. The van der Waals surface area contributed by atoms with Gasteiger partial charge < -0.3 is 20.4 Å². The van der Waals surface area contributed by atoms with Gasteiger partial charge in [-0.25, -0.2) is 0 Å². The summed E-state index contributed by atoms with van der Waals surface area (Å²) in [5, 5.41) is 40.7. The Kier molecular flexibility index (Phi) is 17.8. The molecule has 0 aromatic rings. The monoisotopic (exact) mass is 424 g/mol. The van der Waals surface area contributed by atoms with Crippen molar-refractivity contribution in [3.63, 3.8) is 0 Å². The third kappa shape index (κ3) is 10.8. The highest BCUT2D eigenvalue weighted by Gasteiger charge is 2.50. The second kappa shape index (κ2) is 17.4. The fourth-order valence-corrected chi connectivity index (χ4v) is 6.07. The molecule has 0 heterocycles. The molecule has 0 saturated carbocycles. The average Bonchev–Trinajstić information content (AvgIpc) is 2.68. The first-order valence-electron chi connectivity index (χ1n) is 10.9. The van der Waals surface area contributed by atoms with Crippen molar-refractivity contribution >= 4 is 23.5 Å². The van der Waals surface area contributed by atoms with Crippen LogP contribution in [-0.4, -0.2) is 56.0 Å². The average molecular weight is 425 g/mol. The van der Waals surface area contributed by atoms with Crippen molar-refractivity contribution in [2.24, 2.45) is 5.41 Å². The molecule has 0 bridgehead atoms. The lowest BCUT2D eigenvalue weighted by molar-refractivity contribution is -0.0617. The number of hydrogen-bond donors (Lipinski definition) is 4. The Morgan fingerprint density at radius 3 is 1.22 bits per heavy atom. The second-order valence-corrected chi connectivity index (χ2v) is 10.4. The van der Waals surface area contributed by atoms with Crippen LogP contribution in [-0.2, 0) is 0 Å². The number of rotatable bonds is 20. The van der Waals surface area contributed by atoms with Crippen molar-refractivity contribution in [3.8, 4) is 0 Å². The van der Waals surface area contributed by atoms with E-state index in [1.165, 1.54) is 74.9 Å². The number of thioether (sulfide) groups is 2. The van der Waals surface area contributed by atoms with Crippen LogP contribution in [0.3, 0.4) is 0 Å². The van der Waals surface area contributed by atoms with Gasteiger partial charge in [-0.05, 0) is 24.3 Å². The molecule has 27 heavy (non-hydrogen) atoms. The van der Waals surface area contributed by atoms with Crippen LogP contribution in [0.25, 0.3) is 0 Å². The third-order valence-corrected chi connectivity index (χ3v) is 8.51. The lowest BCUT2D eigenvalue weighted by Crippen LogP contribution is -2.52. The predicted octanol–water partition coefficient (Wildman–Crippen LogP) is 4.78. The van der Waals surface area contributed by atoms with Crippen LogP contribution in [0.15, 0.2) is 0 Å². The molecule has 0 atom stereocenters. The summed E-state index contributed by atoms with van der Waals surface area (Å²) in [6.45, 7) is 3.13. The number of aliphatic hydroxyl groups excluding tert-OH is 3. The van der Waals surface area contributed by atoms with Crippen LogP contribution >= 0.6 is 23.5 Å². The van der Waals surface area contributed by atoms with Gasteiger partial charge in [-0.15, -0.1) is 23.5 Å². The Morgan fingerprint density at radius 2 is 0.889 bits per heavy atom. The first-order valence-corrected chi connectivity index (χ1v) is 12.9. The summed E-state index contributed by atoms with van der Waals surface area (Å²) in [6, 6.07) is 0. The largest absolute Gasteiger partial charge is 0.395 e. The van der Waals surface area contributed by atoms with Crippen LogP contribution in [0.2, 0.25) is 0 Å². The van der Waals surface area contributed by atoms with Crippen molar-refractivity contribution in [2.75, 3.05) is 31.3 Å². The third-order valence-electron chi connectivity index (χ3n) is 5.17.